The zero-order valence-electron chi connectivity index (χ0n) is 10.5. The van der Waals surface area contributed by atoms with Gasteiger partial charge in [-0.2, -0.15) is 0 Å². The van der Waals surface area contributed by atoms with Crippen molar-refractivity contribution < 1.29 is 9.63 Å². The number of aryl methyl sites for hydroxylation is 2. The van der Waals surface area contributed by atoms with Crippen LogP contribution in [0.1, 0.15) is 21.6 Å². The molecular weight excluding hydrogens is 216 g/mol. The van der Waals surface area contributed by atoms with Crippen molar-refractivity contribution in [3.05, 3.63) is 35.0 Å². The summed E-state index contributed by atoms with van der Waals surface area (Å²) in [6.45, 7) is 3.98. The minimum Gasteiger partial charge on any atom is -0.350 e. The zero-order valence-corrected chi connectivity index (χ0v) is 10.5. The van der Waals surface area contributed by atoms with E-state index in [1.165, 1.54) is 17.7 Å². The standard InChI is InChI=1S/C13H16N2O2/c1-8-5-6-11-10(7-8)9(2)12(14-11)13(16)15(3)17-4/h5-7,14H,1-4H3. The maximum atomic E-state index is 12.0. The van der Waals surface area contributed by atoms with Gasteiger partial charge in [0, 0.05) is 18.0 Å². The maximum absolute atomic E-state index is 12.0. The molecule has 0 radical (unpaired) electrons. The van der Waals surface area contributed by atoms with Crippen LogP contribution in [0.15, 0.2) is 18.2 Å². The quantitative estimate of drug-likeness (QED) is 0.808. The number of hydroxylamine groups is 2. The van der Waals surface area contributed by atoms with Crippen molar-refractivity contribution in [2.45, 2.75) is 13.8 Å². The van der Waals surface area contributed by atoms with Gasteiger partial charge in [-0.1, -0.05) is 11.6 Å². The van der Waals surface area contributed by atoms with E-state index in [0.717, 1.165) is 16.5 Å². The number of carbonyl (C=O) groups is 1. The average Bonchev–Trinajstić information content (AvgIpc) is 2.65. The molecule has 4 nitrogen and oxygen atoms in total. The van der Waals surface area contributed by atoms with Gasteiger partial charge in [-0.3, -0.25) is 9.63 Å². The lowest BCUT2D eigenvalue weighted by molar-refractivity contribution is -0.0760. The summed E-state index contributed by atoms with van der Waals surface area (Å²) in [5, 5.41) is 2.29. The Bertz CT molecular complexity index is 572. The zero-order chi connectivity index (χ0) is 12.6. The van der Waals surface area contributed by atoms with Crippen molar-refractivity contribution in [3.63, 3.8) is 0 Å². The second-order valence-corrected chi connectivity index (χ2v) is 4.16. The van der Waals surface area contributed by atoms with E-state index < -0.39 is 0 Å². The van der Waals surface area contributed by atoms with E-state index in [4.69, 9.17) is 4.84 Å². The first-order valence-electron chi connectivity index (χ1n) is 5.45. The number of rotatable bonds is 2. The molecule has 0 unspecified atom stereocenters. The Morgan fingerprint density at radius 2 is 2.06 bits per heavy atom. The number of benzene rings is 1. The van der Waals surface area contributed by atoms with Crippen molar-refractivity contribution >= 4 is 16.8 Å². The largest absolute Gasteiger partial charge is 0.350 e. The third-order valence-electron chi connectivity index (χ3n) is 2.99. The summed E-state index contributed by atoms with van der Waals surface area (Å²) in [5.74, 6) is -0.168. The van der Waals surface area contributed by atoms with Crippen LogP contribution >= 0.6 is 0 Å². The molecule has 0 atom stereocenters. The smallest absolute Gasteiger partial charge is 0.293 e. The first-order chi connectivity index (χ1) is 8.04. The van der Waals surface area contributed by atoms with Crippen LogP contribution in [-0.4, -0.2) is 30.1 Å². The lowest BCUT2D eigenvalue weighted by Gasteiger charge is -2.12. The third-order valence-corrected chi connectivity index (χ3v) is 2.99. The molecule has 0 aliphatic rings. The Balaban J connectivity index is 2.56. The molecule has 0 saturated heterocycles. The van der Waals surface area contributed by atoms with Gasteiger partial charge in [-0.15, -0.1) is 0 Å². The SMILES string of the molecule is CON(C)C(=O)c1[nH]c2ccc(C)cc2c1C. The fraction of sp³-hybridized carbons (Fsp3) is 0.308. The molecule has 0 spiro atoms. The fourth-order valence-corrected chi connectivity index (χ4v) is 1.89. The van der Waals surface area contributed by atoms with Crippen molar-refractivity contribution in [2.24, 2.45) is 0 Å². The molecule has 17 heavy (non-hydrogen) atoms. The highest BCUT2D eigenvalue weighted by molar-refractivity contribution is 6.00. The van der Waals surface area contributed by atoms with Crippen LogP contribution in [0, 0.1) is 13.8 Å². The van der Waals surface area contributed by atoms with Crippen LogP contribution in [0.25, 0.3) is 10.9 Å². The van der Waals surface area contributed by atoms with Gasteiger partial charge < -0.3 is 4.98 Å². The molecule has 0 aliphatic carbocycles. The minimum atomic E-state index is -0.168. The number of H-pyrrole nitrogens is 1. The molecule has 1 N–H and O–H groups in total. The van der Waals surface area contributed by atoms with Gasteiger partial charge in [0.1, 0.15) is 5.69 Å². The minimum absolute atomic E-state index is 0.168. The van der Waals surface area contributed by atoms with Crippen LogP contribution in [0.2, 0.25) is 0 Å². The number of amides is 1. The summed E-state index contributed by atoms with van der Waals surface area (Å²) in [5.41, 5.74) is 3.69. The molecule has 90 valence electrons. The van der Waals surface area contributed by atoms with Crippen molar-refractivity contribution in [1.82, 2.24) is 10.0 Å². The van der Waals surface area contributed by atoms with Gasteiger partial charge in [0.2, 0.25) is 0 Å². The Morgan fingerprint density at radius 3 is 2.71 bits per heavy atom. The number of nitrogens with zero attached hydrogens (tertiary/aromatic N) is 1. The highest BCUT2D eigenvalue weighted by Crippen LogP contribution is 2.23. The maximum Gasteiger partial charge on any atom is 0.293 e. The van der Waals surface area contributed by atoms with Gasteiger partial charge in [0.15, 0.2) is 0 Å². The summed E-state index contributed by atoms with van der Waals surface area (Å²) >= 11 is 0. The number of aromatic nitrogens is 1. The van der Waals surface area contributed by atoms with Gasteiger partial charge in [0.05, 0.1) is 7.11 Å². The predicted octanol–water partition coefficient (Wildman–Crippen LogP) is 2.42. The van der Waals surface area contributed by atoms with Crippen molar-refractivity contribution in [2.75, 3.05) is 14.2 Å². The monoisotopic (exact) mass is 232 g/mol. The molecule has 0 aliphatic heterocycles. The van der Waals surface area contributed by atoms with Crippen molar-refractivity contribution in [1.29, 1.82) is 0 Å². The summed E-state index contributed by atoms with van der Waals surface area (Å²) in [6.07, 6.45) is 0. The molecule has 1 aromatic heterocycles. The fourth-order valence-electron chi connectivity index (χ4n) is 1.89. The van der Waals surface area contributed by atoms with E-state index in [0.29, 0.717) is 5.69 Å². The topological polar surface area (TPSA) is 45.3 Å². The molecular formula is C13H16N2O2. The predicted molar refractivity (Wildman–Crippen MR) is 66.9 cm³/mol. The summed E-state index contributed by atoms with van der Waals surface area (Å²) < 4.78 is 0. The molecule has 0 saturated carbocycles. The number of hydrogen-bond acceptors (Lipinski definition) is 2. The normalized spacial score (nSPS) is 10.8. The summed E-state index contributed by atoms with van der Waals surface area (Å²) in [6, 6.07) is 6.08. The van der Waals surface area contributed by atoms with Gasteiger partial charge in [-0.25, -0.2) is 5.06 Å². The lowest BCUT2D eigenvalue weighted by Crippen LogP contribution is -2.26. The third kappa shape index (κ3) is 1.91. The van der Waals surface area contributed by atoms with Crippen LogP contribution in [0.3, 0.4) is 0 Å². The second kappa shape index (κ2) is 4.22. The van der Waals surface area contributed by atoms with Gasteiger partial charge in [0.25, 0.3) is 5.91 Å². The van der Waals surface area contributed by atoms with Gasteiger partial charge in [-0.05, 0) is 31.5 Å². The molecule has 2 rings (SSSR count). The highest BCUT2D eigenvalue weighted by atomic mass is 16.7. The van der Waals surface area contributed by atoms with E-state index in [9.17, 15) is 4.79 Å². The Kier molecular flexibility index (Phi) is 2.90. The average molecular weight is 232 g/mol. The molecule has 1 amide bonds. The van der Waals surface area contributed by atoms with Gasteiger partial charge >= 0.3 is 0 Å². The number of carbonyl (C=O) groups excluding carboxylic acids is 1. The van der Waals surface area contributed by atoms with Crippen LogP contribution in [0.4, 0.5) is 0 Å². The van der Waals surface area contributed by atoms with E-state index in [1.807, 2.05) is 26.0 Å². The first kappa shape index (κ1) is 11.7. The van der Waals surface area contributed by atoms with E-state index in [-0.39, 0.29) is 5.91 Å². The Labute approximate surface area is 100 Å². The number of hydrogen-bond donors (Lipinski definition) is 1. The molecule has 0 bridgehead atoms. The molecule has 1 aromatic carbocycles. The van der Waals surface area contributed by atoms with Crippen LogP contribution < -0.4 is 0 Å². The van der Waals surface area contributed by atoms with Crippen LogP contribution in [0.5, 0.6) is 0 Å². The molecule has 0 fully saturated rings. The number of nitrogens with one attached hydrogen (secondary N) is 1. The second-order valence-electron chi connectivity index (χ2n) is 4.16. The molecule has 1 heterocycles. The van der Waals surface area contributed by atoms with Crippen molar-refractivity contribution in [3.8, 4) is 0 Å². The Hall–Kier alpha value is -1.81. The van der Waals surface area contributed by atoms with E-state index >= 15 is 0 Å². The summed E-state index contributed by atoms with van der Waals surface area (Å²) in [4.78, 5) is 20.1. The van der Waals surface area contributed by atoms with Crippen LogP contribution in [-0.2, 0) is 4.84 Å². The summed E-state index contributed by atoms with van der Waals surface area (Å²) in [7, 11) is 3.07. The van der Waals surface area contributed by atoms with E-state index in [1.54, 1.807) is 7.05 Å². The number of fused-ring (bicyclic) bond motifs is 1. The van der Waals surface area contributed by atoms with E-state index in [2.05, 4.69) is 11.1 Å². The highest BCUT2D eigenvalue weighted by Gasteiger charge is 2.18. The molecule has 4 heteroatoms. The molecule has 2 aromatic rings. The Morgan fingerprint density at radius 1 is 1.35 bits per heavy atom. The lowest BCUT2D eigenvalue weighted by atomic mass is 10.1. The first-order valence-corrected chi connectivity index (χ1v) is 5.45. The number of aromatic amines is 1.